The quantitative estimate of drug-likeness (QED) is 0.776. The second-order valence-electron chi connectivity index (χ2n) is 5.02. The normalized spacial score (nSPS) is 23.6. The fraction of sp³-hybridized carbons (Fsp3) is 0.917. The van der Waals surface area contributed by atoms with Crippen molar-refractivity contribution in [2.75, 3.05) is 26.3 Å². The minimum absolute atomic E-state index is 0.0273. The Bertz CT molecular complexity index is 231. The Hall–Kier alpha value is -0.610. The highest BCUT2D eigenvalue weighted by Crippen LogP contribution is 2.17. The minimum Gasteiger partial charge on any atom is -0.377 e. The second kappa shape index (κ2) is 6.21. The number of carbonyl (C=O) groups is 1. The number of amides is 1. The molecular weight excluding hydrogens is 204 g/mol. The fourth-order valence-corrected chi connectivity index (χ4v) is 2.16. The molecule has 0 aromatic heterocycles. The van der Waals surface area contributed by atoms with Gasteiger partial charge < -0.3 is 15.4 Å². The third-order valence-corrected chi connectivity index (χ3v) is 3.04. The number of rotatable bonds is 4. The van der Waals surface area contributed by atoms with Crippen molar-refractivity contribution in [2.24, 2.45) is 17.6 Å². The molecule has 0 aromatic rings. The van der Waals surface area contributed by atoms with Crippen molar-refractivity contribution in [3.63, 3.8) is 0 Å². The minimum atomic E-state index is -0.0273. The summed E-state index contributed by atoms with van der Waals surface area (Å²) in [6, 6.07) is 0.183. The van der Waals surface area contributed by atoms with Crippen molar-refractivity contribution >= 4 is 5.91 Å². The summed E-state index contributed by atoms with van der Waals surface area (Å²) in [6.45, 7) is 8.72. The van der Waals surface area contributed by atoms with Crippen LogP contribution in [0.15, 0.2) is 0 Å². The number of morpholine rings is 1. The molecule has 16 heavy (non-hydrogen) atoms. The summed E-state index contributed by atoms with van der Waals surface area (Å²) in [7, 11) is 0. The second-order valence-corrected chi connectivity index (χ2v) is 5.02. The van der Waals surface area contributed by atoms with Crippen molar-refractivity contribution in [1.82, 2.24) is 4.90 Å². The van der Waals surface area contributed by atoms with Gasteiger partial charge in [-0.25, -0.2) is 0 Å². The first-order valence-corrected chi connectivity index (χ1v) is 6.14. The van der Waals surface area contributed by atoms with Crippen molar-refractivity contribution in [1.29, 1.82) is 0 Å². The predicted octanol–water partition coefficient (Wildman–Crippen LogP) is 0.855. The third-order valence-electron chi connectivity index (χ3n) is 3.04. The summed E-state index contributed by atoms with van der Waals surface area (Å²) < 4.78 is 5.33. The molecule has 1 unspecified atom stereocenters. The molecular formula is C12H24N2O2. The molecule has 1 rings (SSSR count). The highest BCUT2D eigenvalue weighted by atomic mass is 16.5. The van der Waals surface area contributed by atoms with Crippen molar-refractivity contribution in [3.05, 3.63) is 0 Å². The van der Waals surface area contributed by atoms with Crippen LogP contribution in [0.2, 0.25) is 0 Å². The molecule has 1 saturated heterocycles. The highest BCUT2D eigenvalue weighted by Gasteiger charge is 2.29. The molecule has 0 radical (unpaired) electrons. The summed E-state index contributed by atoms with van der Waals surface area (Å²) in [5.74, 6) is 0.682. The first-order chi connectivity index (χ1) is 7.56. The molecule has 0 aliphatic carbocycles. The van der Waals surface area contributed by atoms with Gasteiger partial charge in [-0.1, -0.05) is 13.8 Å². The molecule has 4 nitrogen and oxygen atoms in total. The Kier molecular flexibility index (Phi) is 5.22. The number of nitrogens with zero attached hydrogens (tertiary/aromatic N) is 1. The van der Waals surface area contributed by atoms with Crippen LogP contribution >= 0.6 is 0 Å². The van der Waals surface area contributed by atoms with Gasteiger partial charge in [0.05, 0.1) is 25.2 Å². The molecule has 1 aliphatic rings. The highest BCUT2D eigenvalue weighted by molar-refractivity contribution is 5.79. The van der Waals surface area contributed by atoms with Crippen molar-refractivity contribution in [2.45, 2.75) is 33.2 Å². The molecule has 94 valence electrons. The van der Waals surface area contributed by atoms with E-state index in [4.69, 9.17) is 10.5 Å². The Balaban J connectivity index is 2.58. The molecule has 1 amide bonds. The number of nitrogens with two attached hydrogens (primary N) is 1. The summed E-state index contributed by atoms with van der Waals surface area (Å²) in [6.07, 6.45) is 0.874. The Morgan fingerprint density at radius 1 is 1.56 bits per heavy atom. The van der Waals surface area contributed by atoms with E-state index in [1.54, 1.807) is 0 Å². The van der Waals surface area contributed by atoms with Gasteiger partial charge in [-0.2, -0.15) is 0 Å². The van der Waals surface area contributed by atoms with E-state index in [9.17, 15) is 4.79 Å². The van der Waals surface area contributed by atoms with Gasteiger partial charge in [0.15, 0.2) is 0 Å². The molecule has 1 aliphatic heterocycles. The van der Waals surface area contributed by atoms with Gasteiger partial charge in [-0.15, -0.1) is 0 Å². The van der Waals surface area contributed by atoms with Crippen LogP contribution in [-0.2, 0) is 9.53 Å². The maximum absolute atomic E-state index is 12.3. The summed E-state index contributed by atoms with van der Waals surface area (Å²) in [5, 5.41) is 0. The number of hydrogen-bond acceptors (Lipinski definition) is 3. The Morgan fingerprint density at radius 2 is 2.25 bits per heavy atom. The lowest BCUT2D eigenvalue weighted by molar-refractivity contribution is -0.143. The Labute approximate surface area is 98.1 Å². The first kappa shape index (κ1) is 13.5. The molecule has 2 atom stereocenters. The van der Waals surface area contributed by atoms with Crippen LogP contribution in [0, 0.1) is 11.8 Å². The predicted molar refractivity (Wildman–Crippen MR) is 64.0 cm³/mol. The van der Waals surface area contributed by atoms with E-state index >= 15 is 0 Å². The summed E-state index contributed by atoms with van der Waals surface area (Å²) in [5.41, 5.74) is 5.70. The standard InChI is InChI=1S/C12H24N2O2/c1-9(2)6-11(7-13)12(15)14-4-5-16-8-10(14)3/h9-11H,4-8,13H2,1-3H3/t10-,11?/m1/s1. The van der Waals surface area contributed by atoms with Crippen LogP contribution in [0.3, 0.4) is 0 Å². The number of hydrogen-bond donors (Lipinski definition) is 1. The zero-order chi connectivity index (χ0) is 12.1. The molecule has 4 heteroatoms. The largest absolute Gasteiger partial charge is 0.377 e. The maximum Gasteiger partial charge on any atom is 0.227 e. The molecule has 2 N–H and O–H groups in total. The van der Waals surface area contributed by atoms with Crippen LogP contribution in [0.1, 0.15) is 27.2 Å². The molecule has 1 fully saturated rings. The topological polar surface area (TPSA) is 55.6 Å². The lowest BCUT2D eigenvalue weighted by atomic mass is 9.95. The number of ether oxygens (including phenoxy) is 1. The van der Waals surface area contributed by atoms with Crippen molar-refractivity contribution in [3.8, 4) is 0 Å². The molecule has 1 heterocycles. The monoisotopic (exact) mass is 228 g/mol. The van der Waals surface area contributed by atoms with Crippen LogP contribution in [0.25, 0.3) is 0 Å². The van der Waals surface area contributed by atoms with E-state index in [0.29, 0.717) is 32.2 Å². The average molecular weight is 228 g/mol. The third kappa shape index (κ3) is 3.46. The van der Waals surface area contributed by atoms with Crippen LogP contribution < -0.4 is 5.73 Å². The summed E-state index contributed by atoms with van der Waals surface area (Å²) >= 11 is 0. The van der Waals surface area contributed by atoms with E-state index in [1.807, 2.05) is 11.8 Å². The zero-order valence-corrected chi connectivity index (χ0v) is 10.6. The smallest absolute Gasteiger partial charge is 0.227 e. The molecule has 0 spiro atoms. The molecule has 0 saturated carbocycles. The zero-order valence-electron chi connectivity index (χ0n) is 10.6. The van der Waals surface area contributed by atoms with E-state index in [-0.39, 0.29) is 17.9 Å². The average Bonchev–Trinajstić information content (AvgIpc) is 2.25. The SMILES string of the molecule is CC(C)CC(CN)C(=O)N1CCOC[C@H]1C. The van der Waals surface area contributed by atoms with Crippen LogP contribution in [0.5, 0.6) is 0 Å². The molecule has 0 bridgehead atoms. The van der Waals surface area contributed by atoms with Crippen LogP contribution in [-0.4, -0.2) is 43.2 Å². The lowest BCUT2D eigenvalue weighted by Gasteiger charge is -2.36. The molecule has 0 aromatic carbocycles. The fourth-order valence-electron chi connectivity index (χ4n) is 2.16. The van der Waals surface area contributed by atoms with Gasteiger partial charge in [0, 0.05) is 13.1 Å². The van der Waals surface area contributed by atoms with E-state index in [2.05, 4.69) is 13.8 Å². The lowest BCUT2D eigenvalue weighted by Crippen LogP contribution is -2.50. The van der Waals surface area contributed by atoms with Gasteiger partial charge in [0.25, 0.3) is 0 Å². The van der Waals surface area contributed by atoms with Gasteiger partial charge in [0.1, 0.15) is 0 Å². The maximum atomic E-state index is 12.3. The number of carbonyl (C=O) groups excluding carboxylic acids is 1. The summed E-state index contributed by atoms with van der Waals surface area (Å²) in [4.78, 5) is 14.2. The van der Waals surface area contributed by atoms with Gasteiger partial charge in [-0.3, -0.25) is 4.79 Å². The van der Waals surface area contributed by atoms with E-state index in [0.717, 1.165) is 6.42 Å². The van der Waals surface area contributed by atoms with Crippen molar-refractivity contribution < 1.29 is 9.53 Å². The van der Waals surface area contributed by atoms with E-state index < -0.39 is 0 Å². The van der Waals surface area contributed by atoms with Gasteiger partial charge >= 0.3 is 0 Å². The first-order valence-electron chi connectivity index (χ1n) is 6.14. The van der Waals surface area contributed by atoms with Gasteiger partial charge in [-0.05, 0) is 19.3 Å². The van der Waals surface area contributed by atoms with Gasteiger partial charge in [0.2, 0.25) is 5.91 Å². The van der Waals surface area contributed by atoms with Crippen LogP contribution in [0.4, 0.5) is 0 Å². The Morgan fingerprint density at radius 3 is 2.75 bits per heavy atom. The van der Waals surface area contributed by atoms with E-state index in [1.165, 1.54) is 0 Å².